The molecule has 0 bridgehead atoms. The van der Waals surface area contributed by atoms with Gasteiger partial charge in [-0.15, -0.1) is 0 Å². The molecule has 0 radical (unpaired) electrons. The minimum Gasteiger partial charge on any atom is -0.384 e. The number of anilines is 1. The number of halogens is 1. The predicted octanol–water partition coefficient (Wildman–Crippen LogP) is 3.91. The molecule has 5 nitrogen and oxygen atoms in total. The first-order chi connectivity index (χ1) is 12.2. The molecule has 2 heterocycles. The number of rotatable bonds is 2. The van der Waals surface area contributed by atoms with Gasteiger partial charge >= 0.3 is 0 Å². The third-order valence-electron chi connectivity index (χ3n) is 4.16. The van der Waals surface area contributed by atoms with Gasteiger partial charge in [-0.2, -0.15) is 10.4 Å². The second-order valence-electron chi connectivity index (χ2n) is 5.75. The molecule has 0 amide bonds. The lowest BCUT2D eigenvalue weighted by molar-refractivity contribution is 0.588. The van der Waals surface area contributed by atoms with E-state index in [4.69, 9.17) is 22.4 Å². The van der Waals surface area contributed by atoms with Crippen LogP contribution in [0.1, 0.15) is 11.6 Å². The smallest absolute Gasteiger partial charge is 0.131 e. The first kappa shape index (κ1) is 15.3. The zero-order valence-corrected chi connectivity index (χ0v) is 13.9. The molecule has 4 rings (SSSR count). The molecule has 0 saturated heterocycles. The molecule has 122 valence electrons. The van der Waals surface area contributed by atoms with Gasteiger partial charge in [0.05, 0.1) is 11.3 Å². The first-order valence-electron chi connectivity index (χ1n) is 7.74. The van der Waals surface area contributed by atoms with Gasteiger partial charge in [0.25, 0.3) is 0 Å². The Morgan fingerprint density at radius 3 is 2.64 bits per heavy atom. The molecule has 0 aliphatic carbocycles. The van der Waals surface area contributed by atoms with Gasteiger partial charge in [0.15, 0.2) is 0 Å². The molecule has 6 heteroatoms. The Bertz CT molecular complexity index is 1010. The zero-order valence-electron chi connectivity index (χ0n) is 13.1. The maximum atomic E-state index is 9.61. The monoisotopic (exact) mass is 347 g/mol. The van der Waals surface area contributed by atoms with E-state index in [0.717, 1.165) is 22.6 Å². The van der Waals surface area contributed by atoms with Crippen LogP contribution >= 0.6 is 11.6 Å². The quantitative estimate of drug-likeness (QED) is 0.736. The fraction of sp³-hybridized carbons (Fsp3) is 0.0526. The van der Waals surface area contributed by atoms with Crippen molar-refractivity contribution in [2.24, 2.45) is 5.73 Å². The molecule has 3 aromatic rings. The lowest BCUT2D eigenvalue weighted by Gasteiger charge is -2.26. The number of aromatic nitrogens is 2. The number of nitrogens with one attached hydrogen (secondary N) is 1. The summed E-state index contributed by atoms with van der Waals surface area (Å²) in [5.41, 5.74) is 9.16. The van der Waals surface area contributed by atoms with Gasteiger partial charge in [-0.3, -0.25) is 0 Å². The predicted molar refractivity (Wildman–Crippen MR) is 97.7 cm³/mol. The third-order valence-corrected chi connectivity index (χ3v) is 4.40. The van der Waals surface area contributed by atoms with E-state index in [1.54, 1.807) is 10.7 Å². The van der Waals surface area contributed by atoms with Crippen molar-refractivity contribution in [2.75, 3.05) is 5.32 Å². The Balaban J connectivity index is 1.89. The largest absolute Gasteiger partial charge is 0.384 e. The maximum absolute atomic E-state index is 9.61. The number of nitrogens with zero attached hydrogens (tertiary/aromatic N) is 3. The van der Waals surface area contributed by atoms with E-state index in [1.807, 2.05) is 54.6 Å². The molecule has 1 aliphatic heterocycles. The van der Waals surface area contributed by atoms with Crippen molar-refractivity contribution in [3.63, 3.8) is 0 Å². The number of fused-ring (bicyclic) bond motifs is 1. The van der Waals surface area contributed by atoms with E-state index < -0.39 is 6.04 Å². The molecule has 1 aliphatic rings. The molecular formula is C19H14ClN5. The van der Waals surface area contributed by atoms with Gasteiger partial charge in [-0.25, -0.2) is 4.68 Å². The van der Waals surface area contributed by atoms with Crippen molar-refractivity contribution in [3.8, 4) is 17.3 Å². The van der Waals surface area contributed by atoms with Crippen molar-refractivity contribution in [2.45, 2.75) is 6.04 Å². The van der Waals surface area contributed by atoms with E-state index in [1.165, 1.54) is 0 Å². The van der Waals surface area contributed by atoms with E-state index in [0.29, 0.717) is 16.4 Å². The van der Waals surface area contributed by atoms with E-state index in [-0.39, 0.29) is 0 Å². The van der Waals surface area contributed by atoms with Gasteiger partial charge < -0.3 is 11.1 Å². The van der Waals surface area contributed by atoms with E-state index in [2.05, 4.69) is 11.4 Å². The van der Waals surface area contributed by atoms with Crippen LogP contribution in [0, 0.1) is 11.3 Å². The van der Waals surface area contributed by atoms with Gasteiger partial charge in [-0.1, -0.05) is 54.1 Å². The highest BCUT2D eigenvalue weighted by atomic mass is 35.5. The van der Waals surface area contributed by atoms with E-state index in [9.17, 15) is 5.26 Å². The van der Waals surface area contributed by atoms with Crippen LogP contribution in [0.2, 0.25) is 5.02 Å². The summed E-state index contributed by atoms with van der Waals surface area (Å²) >= 11 is 6.14. The summed E-state index contributed by atoms with van der Waals surface area (Å²) in [5, 5.41) is 18.0. The minimum absolute atomic E-state index is 0.333. The Labute approximate surface area is 150 Å². The van der Waals surface area contributed by atoms with Crippen LogP contribution in [-0.4, -0.2) is 9.78 Å². The van der Waals surface area contributed by atoms with Crippen molar-refractivity contribution in [3.05, 3.63) is 82.6 Å². The summed E-state index contributed by atoms with van der Waals surface area (Å²) < 4.78 is 1.78. The van der Waals surface area contributed by atoms with Crippen LogP contribution in [-0.2, 0) is 0 Å². The van der Waals surface area contributed by atoms with Crippen molar-refractivity contribution >= 4 is 17.4 Å². The second kappa shape index (κ2) is 6.00. The highest BCUT2D eigenvalue weighted by molar-refractivity contribution is 6.30. The normalized spacial score (nSPS) is 16.1. The van der Waals surface area contributed by atoms with Crippen LogP contribution in [0.4, 0.5) is 5.82 Å². The van der Waals surface area contributed by atoms with Gasteiger partial charge in [0.2, 0.25) is 0 Å². The summed E-state index contributed by atoms with van der Waals surface area (Å²) in [4.78, 5) is 0. The summed E-state index contributed by atoms with van der Waals surface area (Å²) in [6.07, 6.45) is 0. The molecule has 2 aromatic carbocycles. The molecule has 25 heavy (non-hydrogen) atoms. The molecule has 3 N–H and O–H groups in total. The summed E-state index contributed by atoms with van der Waals surface area (Å²) in [5.74, 6) is 1.07. The lowest BCUT2D eigenvalue weighted by atomic mass is 9.98. The fourth-order valence-electron chi connectivity index (χ4n) is 3.02. The Hall–Kier alpha value is -3.23. The van der Waals surface area contributed by atoms with Gasteiger partial charge in [0, 0.05) is 16.7 Å². The van der Waals surface area contributed by atoms with E-state index >= 15 is 0 Å². The van der Waals surface area contributed by atoms with Crippen LogP contribution in [0.15, 0.2) is 72.1 Å². The third kappa shape index (κ3) is 2.63. The lowest BCUT2D eigenvalue weighted by Crippen LogP contribution is -2.28. The van der Waals surface area contributed by atoms with Crippen LogP contribution in [0.5, 0.6) is 0 Å². The molecular weight excluding hydrogens is 334 g/mol. The van der Waals surface area contributed by atoms with Crippen molar-refractivity contribution in [1.82, 2.24) is 9.78 Å². The number of benzene rings is 2. The summed E-state index contributed by atoms with van der Waals surface area (Å²) in [7, 11) is 0. The van der Waals surface area contributed by atoms with Crippen molar-refractivity contribution in [1.29, 1.82) is 5.26 Å². The molecule has 1 atom stereocenters. The van der Waals surface area contributed by atoms with Crippen LogP contribution in [0.25, 0.3) is 11.3 Å². The molecule has 0 fully saturated rings. The second-order valence-corrected chi connectivity index (χ2v) is 6.18. The first-order valence-corrected chi connectivity index (χ1v) is 8.12. The average molecular weight is 348 g/mol. The minimum atomic E-state index is -0.419. The Morgan fingerprint density at radius 2 is 1.92 bits per heavy atom. The van der Waals surface area contributed by atoms with Crippen molar-refractivity contribution < 1.29 is 0 Å². The Kier molecular flexibility index (Phi) is 3.68. The fourth-order valence-corrected chi connectivity index (χ4v) is 3.21. The summed E-state index contributed by atoms with van der Waals surface area (Å²) in [6.45, 7) is 0. The molecule has 1 unspecified atom stereocenters. The van der Waals surface area contributed by atoms with Gasteiger partial charge in [-0.05, 0) is 17.7 Å². The van der Waals surface area contributed by atoms with Crippen LogP contribution < -0.4 is 11.1 Å². The highest BCUT2D eigenvalue weighted by Gasteiger charge is 2.30. The number of hydrogen-bond acceptors (Lipinski definition) is 4. The zero-order chi connectivity index (χ0) is 17.4. The number of nitrogens with two attached hydrogens (primary N) is 1. The molecule has 0 spiro atoms. The Morgan fingerprint density at radius 1 is 1.12 bits per heavy atom. The molecule has 1 aromatic heterocycles. The molecule has 0 saturated carbocycles. The van der Waals surface area contributed by atoms with Gasteiger partial charge in [0.1, 0.15) is 23.7 Å². The SMILES string of the molecule is N#CC1=C(N)Nc2cc(-c3ccccc3)nn2C1c1cccc(Cl)c1. The standard InChI is InChI=1S/C19H14ClN5/c20-14-8-4-7-13(9-14)18-15(11-21)19(22)23-17-10-16(24-25(17)18)12-5-2-1-3-6-12/h1-10,18,23H,22H2. The summed E-state index contributed by atoms with van der Waals surface area (Å²) in [6, 6.07) is 21.0. The maximum Gasteiger partial charge on any atom is 0.131 e. The number of hydrogen-bond donors (Lipinski definition) is 2. The highest BCUT2D eigenvalue weighted by Crippen LogP contribution is 2.36. The number of allylic oxidation sites excluding steroid dienone is 1. The average Bonchev–Trinajstić information content (AvgIpc) is 3.04. The van der Waals surface area contributed by atoms with Crippen LogP contribution in [0.3, 0.4) is 0 Å². The number of nitriles is 1. The topological polar surface area (TPSA) is 79.7 Å².